The smallest absolute Gasteiger partial charge is 0.472 e. The second-order valence-corrected chi connectivity index (χ2v) is 17.3. The predicted octanol–water partition coefficient (Wildman–Crippen LogP) is -1.22. The van der Waals surface area contributed by atoms with Gasteiger partial charge in [-0.3, -0.25) is 27.1 Å². The number of phosphoric ester groups is 4. The maximum absolute atomic E-state index is 12.1. The van der Waals surface area contributed by atoms with Crippen LogP contribution in [0.3, 0.4) is 0 Å². The van der Waals surface area contributed by atoms with E-state index in [1.165, 1.54) is 13.8 Å². The molecule has 0 amide bonds. The van der Waals surface area contributed by atoms with Crippen molar-refractivity contribution in [3.8, 4) is 0 Å². The van der Waals surface area contributed by atoms with E-state index in [4.69, 9.17) is 55.1 Å². The molecule has 6 aliphatic rings. The molecule has 0 spiro atoms. The predicted molar refractivity (Wildman–Crippen MR) is 160 cm³/mol. The van der Waals surface area contributed by atoms with E-state index in [-0.39, 0.29) is 72.8 Å². The van der Waals surface area contributed by atoms with Crippen LogP contribution in [-0.4, -0.2) is 152 Å². The van der Waals surface area contributed by atoms with Gasteiger partial charge in [-0.2, -0.15) is 13.2 Å². The van der Waals surface area contributed by atoms with Crippen molar-refractivity contribution < 1.29 is 179 Å². The van der Waals surface area contributed by atoms with Crippen LogP contribution in [0.2, 0.25) is 0 Å². The van der Waals surface area contributed by atoms with E-state index in [9.17, 15) is 58.3 Å². The van der Waals surface area contributed by atoms with E-state index in [1.807, 2.05) is 0 Å². The molecule has 0 aliphatic carbocycles. The molecule has 18 atom stereocenters. The first kappa shape index (κ1) is 51.5. The number of hydrogen-bond acceptors (Lipinski definition) is 20. The summed E-state index contributed by atoms with van der Waals surface area (Å²) in [7, 11) is -18.5. The van der Waals surface area contributed by atoms with Crippen molar-refractivity contribution in [2.75, 3.05) is 26.4 Å². The molecular weight excluding hydrogens is 962 g/mol. The van der Waals surface area contributed by atoms with Crippen molar-refractivity contribution >= 4 is 31.3 Å². The summed E-state index contributed by atoms with van der Waals surface area (Å²) in [6, 6.07) is 0. The van der Waals surface area contributed by atoms with Gasteiger partial charge in [0.15, 0.2) is 0 Å². The molecule has 6 fully saturated rings. The number of ether oxygens (including phenoxy) is 4. The molecule has 0 aromatic heterocycles. The minimum absolute atomic E-state index is 0. The van der Waals surface area contributed by atoms with Gasteiger partial charge in [-0.15, -0.1) is 0 Å². The molecular formula is C23H42O24P4Y2-2. The first-order chi connectivity index (χ1) is 23.2. The van der Waals surface area contributed by atoms with Crippen LogP contribution in [0, 0.1) is 13.2 Å². The summed E-state index contributed by atoms with van der Waals surface area (Å²) in [6.45, 7) is 2.62. The second-order valence-electron chi connectivity index (χ2n) is 11.7. The minimum atomic E-state index is -4.65. The fourth-order valence-corrected chi connectivity index (χ4v) is 9.07. The topological polar surface area (TPSA) is 341 Å². The van der Waals surface area contributed by atoms with Gasteiger partial charge >= 0.3 is 31.3 Å². The molecule has 2 radical (unpaired) electrons. The van der Waals surface area contributed by atoms with E-state index >= 15 is 0 Å². The maximum atomic E-state index is 12.1. The molecule has 30 heteroatoms. The number of rotatable bonds is 0. The third-order valence-electron chi connectivity index (χ3n) is 7.98. The van der Waals surface area contributed by atoms with Crippen LogP contribution >= 0.6 is 31.3 Å². The molecule has 53 heavy (non-hydrogen) atoms. The van der Waals surface area contributed by atoms with Crippen molar-refractivity contribution in [1.29, 1.82) is 0 Å². The summed E-state index contributed by atoms with van der Waals surface area (Å²) in [6.07, 6.45) is -16.9. The van der Waals surface area contributed by atoms with E-state index in [1.54, 1.807) is 0 Å². The molecule has 8 N–H and O–H groups in total. The van der Waals surface area contributed by atoms with Crippen LogP contribution in [0.4, 0.5) is 0 Å². The summed E-state index contributed by atoms with van der Waals surface area (Å²) in [4.78, 5) is 39.1. The van der Waals surface area contributed by atoms with Crippen LogP contribution in [0.15, 0.2) is 0 Å². The van der Waals surface area contributed by atoms with Crippen molar-refractivity contribution in [3.05, 3.63) is 13.2 Å². The Morgan fingerprint density at radius 3 is 1.30 bits per heavy atom. The minimum Gasteiger partial charge on any atom is -0.544 e. The Morgan fingerprint density at radius 2 is 0.849 bits per heavy atom. The molecule has 6 bridgehead atoms. The van der Waals surface area contributed by atoms with Gasteiger partial charge in [-0.25, -0.2) is 18.3 Å². The van der Waals surface area contributed by atoms with Gasteiger partial charge in [-0.1, -0.05) is 7.43 Å². The van der Waals surface area contributed by atoms with Gasteiger partial charge in [0, 0.05) is 65.4 Å². The van der Waals surface area contributed by atoms with Gasteiger partial charge in [0.2, 0.25) is 0 Å². The molecule has 24 nitrogen and oxygen atoms in total. The molecule has 6 aliphatic heterocycles. The maximum Gasteiger partial charge on any atom is 0.472 e. The number of aliphatic hydroxyl groups is 4. The van der Waals surface area contributed by atoms with Gasteiger partial charge in [-0.05, 0) is 26.1 Å². The number of phosphoric acid groups is 4. The zero-order chi connectivity index (χ0) is 36.8. The van der Waals surface area contributed by atoms with Crippen molar-refractivity contribution in [2.45, 2.75) is 107 Å². The average Bonchev–Trinajstić information content (AvgIpc) is 3.70. The number of aliphatic hydroxyl groups excluding tert-OH is 4. The van der Waals surface area contributed by atoms with Gasteiger partial charge in [0.1, 0.15) is 36.6 Å². The Hall–Kier alpha value is 2.33. The molecule has 0 aromatic rings. The Balaban J connectivity index is 0.000000347. The molecule has 6 rings (SSSR count). The molecule has 6 saturated heterocycles. The Kier molecular flexibility index (Phi) is 20.1. The summed E-state index contributed by atoms with van der Waals surface area (Å²) < 4.78 is 107. The third kappa shape index (κ3) is 13.7. The Bertz CT molecular complexity index is 1380. The summed E-state index contributed by atoms with van der Waals surface area (Å²) in [5.74, 6) is 0. The van der Waals surface area contributed by atoms with Crippen LogP contribution in [0.5, 0.6) is 0 Å². The van der Waals surface area contributed by atoms with E-state index in [0.29, 0.717) is 0 Å². The molecule has 0 saturated carbocycles. The molecule has 6 heterocycles. The van der Waals surface area contributed by atoms with Crippen molar-refractivity contribution in [1.82, 2.24) is 0 Å². The Morgan fingerprint density at radius 1 is 0.491 bits per heavy atom. The van der Waals surface area contributed by atoms with Crippen molar-refractivity contribution in [3.63, 3.8) is 0 Å². The molecule has 18 unspecified atom stereocenters. The fraction of sp³-hybridized carbons (Fsp3) is 0.913. The third-order valence-corrected chi connectivity index (χ3v) is 11.9. The van der Waals surface area contributed by atoms with Gasteiger partial charge in [0.05, 0.1) is 63.1 Å². The summed E-state index contributed by atoms with van der Waals surface area (Å²) in [5, 5.41) is 40.2. The first-order valence-electron chi connectivity index (χ1n) is 14.8. The van der Waals surface area contributed by atoms with Crippen LogP contribution < -0.4 is 0 Å². The number of hydrogen-bond donors (Lipinski definition) is 8. The van der Waals surface area contributed by atoms with E-state index in [0.717, 1.165) is 13.2 Å². The normalized spacial score (nSPS) is 51.9. The van der Waals surface area contributed by atoms with Crippen molar-refractivity contribution in [2.24, 2.45) is 0 Å². The van der Waals surface area contributed by atoms with E-state index < -0.39 is 143 Å². The molecule has 0 aromatic carbocycles. The van der Waals surface area contributed by atoms with Crippen LogP contribution in [-0.2, 0) is 139 Å². The SMILES string of the molecule is C.CC1OC2COP(=O)(O)OC3[CH-]OC(COP(=O)(O)OC1C2O)C3O.CC1OC2COP(=O)(O)OC3[CH-]OC(COP(=O)(O)OC2C1O)C3O.[Y].[Y]. The van der Waals surface area contributed by atoms with Crippen LogP contribution in [0.1, 0.15) is 21.3 Å². The largest absolute Gasteiger partial charge is 0.544 e. The van der Waals surface area contributed by atoms with Gasteiger partial charge < -0.3 is 68.0 Å². The second kappa shape index (κ2) is 20.7. The molecule has 306 valence electrons. The quantitative estimate of drug-likeness (QED) is 0.104. The Labute approximate surface area is 353 Å². The zero-order valence-corrected chi connectivity index (χ0v) is 36.4. The summed E-state index contributed by atoms with van der Waals surface area (Å²) >= 11 is 0. The first-order valence-corrected chi connectivity index (χ1v) is 20.8. The van der Waals surface area contributed by atoms with E-state index in [2.05, 4.69) is 0 Å². The van der Waals surface area contributed by atoms with Crippen LogP contribution in [0.25, 0.3) is 0 Å². The fourth-order valence-electron chi connectivity index (χ4n) is 5.35. The average molecular weight is 1000 g/mol. The standard InChI is InChI=1S/2C11H19O12P2.CH4.2Y/c1-5-11-10(13)7(21-5)4-20-24(14,15)22-8-2-18-6(9(8)12)3-19-25(16,17)23-11;1-5-9(12)11-8(21-5)4-20-24(14,15)22-7-2-18-6(10(7)13)3-19-25(16,17)23-11;;;/h2*2,5-13H,3-4H2,1H3,(H,14,15)(H,16,17);1H4;;/q2*-1;;;. The van der Waals surface area contributed by atoms with Gasteiger partial charge in [0.25, 0.3) is 0 Å². The number of fused-ring (bicyclic) bond motifs is 7. The zero-order valence-electron chi connectivity index (χ0n) is 27.1. The monoisotopic (exact) mass is 1000 g/mol. The summed E-state index contributed by atoms with van der Waals surface area (Å²) in [5.41, 5.74) is 0.